The van der Waals surface area contributed by atoms with Gasteiger partial charge in [-0.1, -0.05) is 43.7 Å². The molecule has 0 amide bonds. The highest BCUT2D eigenvalue weighted by Gasteiger charge is 2.33. The fourth-order valence-electron chi connectivity index (χ4n) is 4.49. The fraction of sp³-hybridized carbons (Fsp3) is 0.346. The summed E-state index contributed by atoms with van der Waals surface area (Å²) in [6.07, 6.45) is 1.48. The monoisotopic (exact) mass is 491 g/mol. The van der Waals surface area contributed by atoms with Crippen molar-refractivity contribution in [3.05, 3.63) is 70.9 Å². The highest BCUT2D eigenvalue weighted by atomic mass is 32.2. The van der Waals surface area contributed by atoms with Crippen LogP contribution >= 0.6 is 0 Å². The van der Waals surface area contributed by atoms with Crippen LogP contribution < -0.4 is 0 Å². The van der Waals surface area contributed by atoms with E-state index in [2.05, 4.69) is 29.1 Å². The molecule has 9 heteroatoms. The maximum atomic E-state index is 13.4. The Balaban J connectivity index is 1.43. The van der Waals surface area contributed by atoms with Gasteiger partial charge in [0.25, 0.3) is 5.89 Å². The minimum absolute atomic E-state index is 0.205. The maximum absolute atomic E-state index is 13.4. The molecule has 182 valence electrons. The highest BCUT2D eigenvalue weighted by Crippen LogP contribution is 2.33. The largest absolute Gasteiger partial charge is 0.415 e. The topological polar surface area (TPSA) is 94.1 Å². The second-order valence-corrected chi connectivity index (χ2v) is 11.4. The van der Waals surface area contributed by atoms with Crippen LogP contribution in [0, 0.1) is 12.8 Å². The van der Waals surface area contributed by atoms with Crippen LogP contribution in [0.3, 0.4) is 0 Å². The van der Waals surface area contributed by atoms with Crippen LogP contribution in [0.4, 0.5) is 0 Å². The van der Waals surface area contributed by atoms with Crippen molar-refractivity contribution >= 4 is 10.0 Å². The molecular weight excluding hydrogens is 462 g/mol. The van der Waals surface area contributed by atoms with Crippen LogP contribution in [0.15, 0.2) is 57.8 Å². The lowest BCUT2D eigenvalue weighted by molar-refractivity contribution is 0.386. The van der Waals surface area contributed by atoms with Crippen LogP contribution in [0.1, 0.15) is 36.2 Å². The van der Waals surface area contributed by atoms with Crippen molar-refractivity contribution in [2.45, 2.75) is 45.1 Å². The fourth-order valence-corrected chi connectivity index (χ4v) is 5.90. The third-order valence-electron chi connectivity index (χ3n) is 6.34. The molecule has 5 rings (SSSR count). The molecule has 0 saturated heterocycles. The molecular formula is C26H29N5O3S. The average Bonchev–Trinajstić information content (AvgIpc) is 3.44. The van der Waals surface area contributed by atoms with Crippen molar-refractivity contribution in [3.8, 4) is 23.0 Å². The smallest absolute Gasteiger partial charge is 0.268 e. The Labute approximate surface area is 205 Å². The number of aromatic nitrogens is 4. The number of aryl methyl sites for hydroxylation is 2. The zero-order valence-corrected chi connectivity index (χ0v) is 21.2. The molecule has 0 bridgehead atoms. The summed E-state index contributed by atoms with van der Waals surface area (Å²) in [6, 6.07) is 15.1. The predicted molar refractivity (Wildman–Crippen MR) is 133 cm³/mol. The van der Waals surface area contributed by atoms with E-state index in [1.54, 1.807) is 16.8 Å². The molecule has 1 aliphatic rings. The van der Waals surface area contributed by atoms with Gasteiger partial charge in [-0.2, -0.15) is 9.40 Å². The SMILES string of the molecule is Cc1ccc(-c2nnc(-c3nn(C)c4c3CN(S(=O)(=O)c3ccc(CC(C)C)cc3)CC4)o2)cc1. The van der Waals surface area contributed by atoms with Gasteiger partial charge in [-0.05, 0) is 49.1 Å². The Morgan fingerprint density at radius 1 is 1.00 bits per heavy atom. The summed E-state index contributed by atoms with van der Waals surface area (Å²) >= 11 is 0. The first-order chi connectivity index (χ1) is 16.7. The van der Waals surface area contributed by atoms with Gasteiger partial charge in [0.05, 0.1) is 4.90 Å². The molecule has 0 fully saturated rings. The van der Waals surface area contributed by atoms with Gasteiger partial charge < -0.3 is 4.42 Å². The van der Waals surface area contributed by atoms with E-state index in [-0.39, 0.29) is 12.4 Å². The molecule has 35 heavy (non-hydrogen) atoms. The Morgan fingerprint density at radius 2 is 1.69 bits per heavy atom. The number of fused-ring (bicyclic) bond motifs is 1. The molecule has 4 aromatic rings. The summed E-state index contributed by atoms with van der Waals surface area (Å²) in [5.41, 5.74) is 5.41. The van der Waals surface area contributed by atoms with E-state index in [1.165, 1.54) is 4.31 Å². The predicted octanol–water partition coefficient (Wildman–Crippen LogP) is 4.39. The summed E-state index contributed by atoms with van der Waals surface area (Å²) < 4.78 is 36.1. The Hall–Kier alpha value is -3.30. The van der Waals surface area contributed by atoms with Crippen molar-refractivity contribution in [2.24, 2.45) is 13.0 Å². The number of sulfonamides is 1. The van der Waals surface area contributed by atoms with Crippen molar-refractivity contribution in [3.63, 3.8) is 0 Å². The van der Waals surface area contributed by atoms with Gasteiger partial charge in [-0.15, -0.1) is 10.2 Å². The third-order valence-corrected chi connectivity index (χ3v) is 8.20. The van der Waals surface area contributed by atoms with Crippen LogP contribution in [0.25, 0.3) is 23.0 Å². The maximum Gasteiger partial charge on any atom is 0.268 e. The molecule has 8 nitrogen and oxygen atoms in total. The van der Waals surface area contributed by atoms with Gasteiger partial charge in [0.15, 0.2) is 5.69 Å². The number of rotatable bonds is 6. The zero-order valence-electron chi connectivity index (χ0n) is 20.4. The van der Waals surface area contributed by atoms with E-state index in [4.69, 9.17) is 4.42 Å². The second-order valence-electron chi connectivity index (χ2n) is 9.51. The Kier molecular flexibility index (Phi) is 6.06. The van der Waals surface area contributed by atoms with Crippen molar-refractivity contribution < 1.29 is 12.8 Å². The minimum atomic E-state index is -3.65. The minimum Gasteiger partial charge on any atom is -0.415 e. The molecule has 2 aromatic heterocycles. The zero-order chi connectivity index (χ0) is 24.7. The molecule has 0 saturated carbocycles. The number of hydrogen-bond donors (Lipinski definition) is 0. The van der Waals surface area contributed by atoms with Crippen LogP contribution in [-0.4, -0.2) is 39.2 Å². The van der Waals surface area contributed by atoms with Gasteiger partial charge >= 0.3 is 0 Å². The van der Waals surface area contributed by atoms with Crippen LogP contribution in [-0.2, 0) is 36.5 Å². The van der Waals surface area contributed by atoms with Crippen molar-refractivity contribution in [1.82, 2.24) is 24.3 Å². The lowest BCUT2D eigenvalue weighted by Crippen LogP contribution is -2.36. The van der Waals surface area contributed by atoms with Gasteiger partial charge in [0, 0.05) is 43.4 Å². The second kappa shape index (κ2) is 9.05. The molecule has 0 radical (unpaired) electrons. The first-order valence-corrected chi connectivity index (χ1v) is 13.2. The first kappa shape index (κ1) is 23.4. The summed E-state index contributed by atoms with van der Waals surface area (Å²) in [5.74, 6) is 1.20. The van der Waals surface area contributed by atoms with E-state index in [0.29, 0.717) is 35.4 Å². The quantitative estimate of drug-likeness (QED) is 0.397. The molecule has 0 N–H and O–H groups in total. The van der Waals surface area contributed by atoms with Crippen LogP contribution in [0.2, 0.25) is 0 Å². The highest BCUT2D eigenvalue weighted by molar-refractivity contribution is 7.89. The molecule has 2 aromatic carbocycles. The molecule has 0 atom stereocenters. The van der Waals surface area contributed by atoms with E-state index in [9.17, 15) is 8.42 Å². The normalized spacial score (nSPS) is 14.4. The first-order valence-electron chi connectivity index (χ1n) is 11.8. The summed E-state index contributed by atoms with van der Waals surface area (Å²) in [5, 5.41) is 13.0. The van der Waals surface area contributed by atoms with Crippen molar-refractivity contribution in [2.75, 3.05) is 6.54 Å². The van der Waals surface area contributed by atoms with E-state index < -0.39 is 10.0 Å². The average molecular weight is 492 g/mol. The Morgan fingerprint density at radius 3 is 2.37 bits per heavy atom. The molecule has 0 spiro atoms. The van der Waals surface area contributed by atoms with Gasteiger partial charge in [0.1, 0.15) is 0 Å². The van der Waals surface area contributed by atoms with Gasteiger partial charge in [0.2, 0.25) is 15.9 Å². The van der Waals surface area contributed by atoms with Crippen LogP contribution in [0.5, 0.6) is 0 Å². The summed E-state index contributed by atoms with van der Waals surface area (Å²) in [6.45, 7) is 6.91. The lowest BCUT2D eigenvalue weighted by atomic mass is 10.0. The van der Waals surface area contributed by atoms with Crippen molar-refractivity contribution in [1.29, 1.82) is 0 Å². The van der Waals surface area contributed by atoms with E-state index >= 15 is 0 Å². The molecule has 3 heterocycles. The Bertz CT molecular complexity index is 1450. The van der Waals surface area contributed by atoms with E-state index in [0.717, 1.165) is 34.4 Å². The number of benzene rings is 2. The number of nitrogens with zero attached hydrogens (tertiary/aromatic N) is 5. The summed E-state index contributed by atoms with van der Waals surface area (Å²) in [4.78, 5) is 0.304. The molecule has 0 aliphatic carbocycles. The standard InChI is InChI=1S/C26H29N5O3S/c1-17(2)15-19-7-11-21(12-8-19)35(32,33)31-14-13-23-22(16-31)24(29-30(23)4)26-28-27-25(34-26)20-9-5-18(3)6-10-20/h5-12,17H,13-16H2,1-4H3. The molecule has 0 unspecified atom stereocenters. The lowest BCUT2D eigenvalue weighted by Gasteiger charge is -2.26. The van der Waals surface area contributed by atoms with Gasteiger partial charge in [-0.25, -0.2) is 8.42 Å². The van der Waals surface area contributed by atoms with E-state index in [1.807, 2.05) is 50.4 Å². The van der Waals surface area contributed by atoms with Gasteiger partial charge in [-0.3, -0.25) is 4.68 Å². The third kappa shape index (κ3) is 4.53. The molecule has 1 aliphatic heterocycles. The number of hydrogen-bond acceptors (Lipinski definition) is 6. The summed E-state index contributed by atoms with van der Waals surface area (Å²) in [7, 11) is -1.79.